The van der Waals surface area contributed by atoms with Crippen LogP contribution in [0.15, 0.2) is 59.0 Å². The van der Waals surface area contributed by atoms with Gasteiger partial charge in [0.15, 0.2) is 15.6 Å². The van der Waals surface area contributed by atoms with Gasteiger partial charge in [0.2, 0.25) is 0 Å². The first-order chi connectivity index (χ1) is 14.7. The molecule has 3 aromatic rings. The minimum Gasteiger partial charge on any atom is -0.451 e. The molecule has 2 aromatic carbocycles. The molecule has 1 aliphatic heterocycles. The molecule has 1 amide bonds. The van der Waals surface area contributed by atoms with E-state index in [1.54, 1.807) is 36.4 Å². The minimum atomic E-state index is -3.22. The van der Waals surface area contributed by atoms with E-state index in [1.165, 1.54) is 23.1 Å². The number of rotatable bonds is 5. The van der Waals surface area contributed by atoms with Crippen LogP contribution in [0.2, 0.25) is 10.0 Å². The van der Waals surface area contributed by atoms with Crippen LogP contribution in [0.1, 0.15) is 22.5 Å². The molecule has 1 aliphatic rings. The molecular formula is C22H18Cl2FNO4S. The number of amides is 1. The maximum atomic E-state index is 13.3. The molecule has 0 radical (unpaired) electrons. The predicted molar refractivity (Wildman–Crippen MR) is 117 cm³/mol. The summed E-state index contributed by atoms with van der Waals surface area (Å²) in [5.41, 5.74) is 1.23. The quantitative estimate of drug-likeness (QED) is 0.500. The van der Waals surface area contributed by atoms with Crippen LogP contribution < -0.4 is 0 Å². The third-order valence-corrected chi connectivity index (χ3v) is 7.50. The normalized spacial score (nSPS) is 17.6. The lowest BCUT2D eigenvalue weighted by molar-refractivity contribution is 0.0649. The molecule has 0 spiro atoms. The molecule has 0 bridgehead atoms. The van der Waals surface area contributed by atoms with Crippen molar-refractivity contribution in [2.45, 2.75) is 19.0 Å². The molecule has 1 aromatic heterocycles. The Bertz CT molecular complexity index is 1220. The second-order valence-electron chi connectivity index (χ2n) is 7.40. The molecule has 1 saturated heterocycles. The number of hydrogen-bond acceptors (Lipinski definition) is 4. The van der Waals surface area contributed by atoms with Crippen LogP contribution >= 0.6 is 23.2 Å². The molecule has 0 saturated carbocycles. The van der Waals surface area contributed by atoms with E-state index >= 15 is 0 Å². The third kappa shape index (κ3) is 4.95. The number of furan rings is 1. The van der Waals surface area contributed by atoms with Gasteiger partial charge in [0, 0.05) is 23.2 Å². The van der Waals surface area contributed by atoms with Crippen LogP contribution in [0.3, 0.4) is 0 Å². The average molecular weight is 482 g/mol. The maximum absolute atomic E-state index is 13.3. The highest BCUT2D eigenvalue weighted by Gasteiger charge is 2.36. The Balaban J connectivity index is 1.65. The number of nitrogens with zero attached hydrogens (tertiary/aromatic N) is 1. The van der Waals surface area contributed by atoms with Crippen LogP contribution in [0.5, 0.6) is 0 Å². The van der Waals surface area contributed by atoms with Crippen molar-refractivity contribution in [2.75, 3.05) is 11.5 Å². The molecule has 31 heavy (non-hydrogen) atoms. The smallest absolute Gasteiger partial charge is 0.290 e. The van der Waals surface area contributed by atoms with Crippen molar-refractivity contribution in [3.05, 3.63) is 81.8 Å². The number of carbonyl (C=O) groups excluding carboxylic acids is 1. The molecule has 0 N–H and O–H groups in total. The number of benzene rings is 2. The lowest BCUT2D eigenvalue weighted by Gasteiger charge is -2.27. The lowest BCUT2D eigenvalue weighted by Crippen LogP contribution is -2.40. The van der Waals surface area contributed by atoms with E-state index in [0.29, 0.717) is 33.4 Å². The number of halogens is 3. The second kappa shape index (κ2) is 8.65. The van der Waals surface area contributed by atoms with Crippen LogP contribution in [0.25, 0.3) is 11.3 Å². The lowest BCUT2D eigenvalue weighted by atomic mass is 10.1. The minimum absolute atomic E-state index is 0.0202. The van der Waals surface area contributed by atoms with Crippen LogP contribution in [-0.4, -0.2) is 36.8 Å². The van der Waals surface area contributed by atoms with Crippen molar-refractivity contribution < 1.29 is 22.0 Å². The summed E-state index contributed by atoms with van der Waals surface area (Å²) >= 11 is 12.3. The molecule has 5 nitrogen and oxygen atoms in total. The Labute approximate surface area is 189 Å². The highest BCUT2D eigenvalue weighted by Crippen LogP contribution is 2.32. The number of sulfone groups is 1. The SMILES string of the molecule is O=C(c1ccc(-c2cc(Cl)ccc2Cl)o1)N(Cc1ccc(F)cc1)[C@H]1CCS(=O)(=O)C1. The first-order valence-corrected chi connectivity index (χ1v) is 12.1. The van der Waals surface area contributed by atoms with Crippen molar-refractivity contribution in [3.8, 4) is 11.3 Å². The monoisotopic (exact) mass is 481 g/mol. The molecular weight excluding hydrogens is 464 g/mol. The van der Waals surface area contributed by atoms with Gasteiger partial charge in [-0.2, -0.15) is 0 Å². The van der Waals surface area contributed by atoms with Crippen molar-refractivity contribution in [3.63, 3.8) is 0 Å². The summed E-state index contributed by atoms with van der Waals surface area (Å²) in [5, 5.41) is 0.889. The Morgan fingerprint density at radius 2 is 1.84 bits per heavy atom. The van der Waals surface area contributed by atoms with Gasteiger partial charge in [-0.3, -0.25) is 4.79 Å². The van der Waals surface area contributed by atoms with Gasteiger partial charge in [-0.15, -0.1) is 0 Å². The van der Waals surface area contributed by atoms with Gasteiger partial charge in [0.05, 0.1) is 16.5 Å². The first-order valence-electron chi connectivity index (χ1n) is 9.53. The van der Waals surface area contributed by atoms with E-state index in [9.17, 15) is 17.6 Å². The summed E-state index contributed by atoms with van der Waals surface area (Å²) in [6.45, 7) is 0.132. The van der Waals surface area contributed by atoms with Gasteiger partial charge < -0.3 is 9.32 Å². The van der Waals surface area contributed by atoms with Crippen molar-refractivity contribution >= 4 is 38.9 Å². The standard InChI is InChI=1S/C22H18Cl2FNO4S/c23-15-3-6-19(24)18(11-15)20-7-8-21(30-20)22(27)26(17-9-10-31(28,29)13-17)12-14-1-4-16(25)5-2-14/h1-8,11,17H,9-10,12-13H2/t17-/m0/s1. The van der Waals surface area contributed by atoms with Gasteiger partial charge >= 0.3 is 0 Å². The van der Waals surface area contributed by atoms with E-state index in [-0.39, 0.29) is 29.6 Å². The topological polar surface area (TPSA) is 67.6 Å². The molecule has 1 atom stereocenters. The zero-order chi connectivity index (χ0) is 22.2. The van der Waals surface area contributed by atoms with Crippen LogP contribution in [-0.2, 0) is 16.4 Å². The fourth-order valence-electron chi connectivity index (χ4n) is 3.60. The zero-order valence-electron chi connectivity index (χ0n) is 16.2. The molecule has 0 unspecified atom stereocenters. The maximum Gasteiger partial charge on any atom is 0.290 e. The van der Waals surface area contributed by atoms with Gasteiger partial charge in [0.25, 0.3) is 5.91 Å². The highest BCUT2D eigenvalue weighted by atomic mass is 35.5. The second-order valence-corrected chi connectivity index (χ2v) is 10.5. The number of hydrogen-bond donors (Lipinski definition) is 0. The summed E-state index contributed by atoms with van der Waals surface area (Å²) in [6, 6.07) is 13.3. The van der Waals surface area contributed by atoms with Crippen molar-refractivity contribution in [1.29, 1.82) is 0 Å². The van der Waals surface area contributed by atoms with E-state index in [2.05, 4.69) is 0 Å². The third-order valence-electron chi connectivity index (χ3n) is 5.19. The summed E-state index contributed by atoms with van der Waals surface area (Å²) in [6.07, 6.45) is 0.336. The Kier molecular flexibility index (Phi) is 6.10. The Morgan fingerprint density at radius 3 is 2.52 bits per heavy atom. The van der Waals surface area contributed by atoms with E-state index in [1.807, 2.05) is 0 Å². The summed E-state index contributed by atoms with van der Waals surface area (Å²) in [5.74, 6) is -0.510. The molecule has 1 fully saturated rings. The largest absolute Gasteiger partial charge is 0.451 e. The zero-order valence-corrected chi connectivity index (χ0v) is 18.6. The molecule has 9 heteroatoms. The molecule has 162 valence electrons. The van der Waals surface area contributed by atoms with Crippen LogP contribution in [0, 0.1) is 5.82 Å². The molecule has 4 rings (SSSR count). The van der Waals surface area contributed by atoms with Crippen LogP contribution in [0.4, 0.5) is 4.39 Å². The fourth-order valence-corrected chi connectivity index (χ4v) is 5.71. The van der Waals surface area contributed by atoms with E-state index < -0.39 is 21.8 Å². The fraction of sp³-hybridized carbons (Fsp3) is 0.227. The van der Waals surface area contributed by atoms with E-state index in [0.717, 1.165) is 0 Å². The van der Waals surface area contributed by atoms with Gasteiger partial charge in [0.1, 0.15) is 11.6 Å². The average Bonchev–Trinajstić information content (AvgIpc) is 3.35. The summed E-state index contributed by atoms with van der Waals surface area (Å²) < 4.78 is 43.1. The Hall–Kier alpha value is -2.35. The van der Waals surface area contributed by atoms with Gasteiger partial charge in [-0.1, -0.05) is 35.3 Å². The molecule has 0 aliphatic carbocycles. The van der Waals surface area contributed by atoms with Gasteiger partial charge in [-0.05, 0) is 54.4 Å². The first kappa shape index (κ1) is 21.9. The highest BCUT2D eigenvalue weighted by molar-refractivity contribution is 7.91. The van der Waals surface area contributed by atoms with Crippen molar-refractivity contribution in [2.24, 2.45) is 0 Å². The predicted octanol–water partition coefficient (Wildman–Crippen LogP) is 5.22. The molecule has 2 heterocycles. The Morgan fingerprint density at radius 1 is 1.10 bits per heavy atom. The summed E-state index contributed by atoms with van der Waals surface area (Å²) in [7, 11) is -3.22. The van der Waals surface area contributed by atoms with E-state index in [4.69, 9.17) is 27.6 Å². The van der Waals surface area contributed by atoms with Gasteiger partial charge in [-0.25, -0.2) is 12.8 Å². The number of carbonyl (C=O) groups is 1. The summed E-state index contributed by atoms with van der Waals surface area (Å²) in [4.78, 5) is 14.8. The van der Waals surface area contributed by atoms with Crippen molar-refractivity contribution in [1.82, 2.24) is 4.90 Å².